The van der Waals surface area contributed by atoms with Crippen LogP contribution < -0.4 is 0 Å². The Kier molecular flexibility index (Phi) is 4.82. The molecule has 2 heterocycles. The average molecular weight is 324 g/mol. The Balaban J connectivity index is 1.78. The van der Waals surface area contributed by atoms with E-state index in [0.29, 0.717) is 26.2 Å². The van der Waals surface area contributed by atoms with Crippen LogP contribution in [-0.2, 0) is 14.9 Å². The van der Waals surface area contributed by atoms with E-state index in [9.17, 15) is 8.42 Å². The average Bonchev–Trinajstić information content (AvgIpc) is 2.56. The summed E-state index contributed by atoms with van der Waals surface area (Å²) in [7, 11) is -3.37. The van der Waals surface area contributed by atoms with Crippen molar-refractivity contribution in [2.45, 2.75) is 38.4 Å². The van der Waals surface area contributed by atoms with Gasteiger partial charge in [-0.15, -0.1) is 0 Å². The molecule has 0 spiro atoms. The molecule has 0 radical (unpaired) electrons. The van der Waals surface area contributed by atoms with E-state index >= 15 is 0 Å². The van der Waals surface area contributed by atoms with Crippen LogP contribution in [0, 0.1) is 0 Å². The molecule has 0 bridgehead atoms. The fourth-order valence-electron chi connectivity index (χ4n) is 3.21. The van der Waals surface area contributed by atoms with Crippen LogP contribution in [0.25, 0.3) is 0 Å². The monoisotopic (exact) mass is 324 g/mol. The second kappa shape index (κ2) is 6.66. The molecule has 2 unspecified atom stereocenters. The summed E-state index contributed by atoms with van der Waals surface area (Å²) >= 11 is 0. The van der Waals surface area contributed by atoms with Crippen molar-refractivity contribution in [1.29, 1.82) is 0 Å². The molecule has 22 heavy (non-hydrogen) atoms. The fraction of sp³-hybridized carbons (Fsp3) is 0.625. The first-order valence-electron chi connectivity index (χ1n) is 8.03. The molecule has 1 aromatic carbocycles. The number of hydrogen-bond donors (Lipinski definition) is 0. The molecule has 0 saturated carbocycles. The number of piperidine rings is 1. The molecule has 2 aliphatic rings. The van der Waals surface area contributed by atoms with Gasteiger partial charge < -0.3 is 4.74 Å². The molecule has 2 fully saturated rings. The van der Waals surface area contributed by atoms with Gasteiger partial charge in [0.15, 0.2) is 0 Å². The van der Waals surface area contributed by atoms with Gasteiger partial charge in [0.05, 0.1) is 12.2 Å². The molecule has 0 amide bonds. The molecule has 2 aliphatic heterocycles. The summed E-state index contributed by atoms with van der Waals surface area (Å²) in [6, 6.07) is 9.86. The highest BCUT2D eigenvalue weighted by Crippen LogP contribution is 2.28. The first-order chi connectivity index (χ1) is 10.6. The van der Waals surface area contributed by atoms with Crippen LogP contribution >= 0.6 is 0 Å². The first-order valence-corrected chi connectivity index (χ1v) is 9.42. The van der Waals surface area contributed by atoms with Crippen LogP contribution in [-0.4, -0.2) is 49.3 Å². The SMILES string of the molecule is CC1CN(S(=O)(=O)N2CCCCC2)CC(c2ccccc2)O1. The van der Waals surface area contributed by atoms with E-state index in [-0.39, 0.29) is 12.2 Å². The van der Waals surface area contributed by atoms with Gasteiger partial charge in [-0.05, 0) is 25.3 Å². The van der Waals surface area contributed by atoms with Crippen molar-refractivity contribution in [3.63, 3.8) is 0 Å². The summed E-state index contributed by atoms with van der Waals surface area (Å²) in [6.45, 7) is 4.05. The Morgan fingerprint density at radius 2 is 1.68 bits per heavy atom. The normalized spacial score (nSPS) is 28.6. The standard InChI is InChI=1S/C16H24N2O3S/c1-14-12-18(22(19,20)17-10-6-3-7-11-17)13-16(21-14)15-8-4-2-5-9-15/h2,4-5,8-9,14,16H,3,6-7,10-13H2,1H3. The van der Waals surface area contributed by atoms with Crippen LogP contribution in [0.2, 0.25) is 0 Å². The smallest absolute Gasteiger partial charge is 0.282 e. The van der Waals surface area contributed by atoms with E-state index in [1.165, 1.54) is 0 Å². The molecular formula is C16H24N2O3S. The lowest BCUT2D eigenvalue weighted by molar-refractivity contribution is -0.0571. The van der Waals surface area contributed by atoms with Crippen molar-refractivity contribution < 1.29 is 13.2 Å². The van der Waals surface area contributed by atoms with E-state index in [4.69, 9.17) is 4.74 Å². The van der Waals surface area contributed by atoms with Gasteiger partial charge in [0, 0.05) is 26.2 Å². The van der Waals surface area contributed by atoms with Gasteiger partial charge in [-0.3, -0.25) is 0 Å². The Morgan fingerprint density at radius 3 is 2.36 bits per heavy atom. The Hall–Kier alpha value is -0.950. The molecule has 2 saturated heterocycles. The third kappa shape index (κ3) is 3.35. The molecule has 122 valence electrons. The van der Waals surface area contributed by atoms with Crippen molar-refractivity contribution in [3.8, 4) is 0 Å². The zero-order valence-corrected chi connectivity index (χ0v) is 13.8. The largest absolute Gasteiger partial charge is 0.368 e. The van der Waals surface area contributed by atoms with Gasteiger partial charge in [0.1, 0.15) is 0 Å². The van der Waals surface area contributed by atoms with Crippen molar-refractivity contribution >= 4 is 10.2 Å². The molecule has 5 nitrogen and oxygen atoms in total. The molecule has 6 heteroatoms. The Labute approximate surface area is 133 Å². The van der Waals surface area contributed by atoms with Crippen molar-refractivity contribution in [3.05, 3.63) is 35.9 Å². The van der Waals surface area contributed by atoms with E-state index in [1.54, 1.807) is 8.61 Å². The lowest BCUT2D eigenvalue weighted by atomic mass is 10.1. The predicted molar refractivity (Wildman–Crippen MR) is 85.6 cm³/mol. The first kappa shape index (κ1) is 15.9. The lowest BCUT2D eigenvalue weighted by Crippen LogP contribution is -2.52. The van der Waals surface area contributed by atoms with Crippen molar-refractivity contribution in [2.24, 2.45) is 0 Å². The van der Waals surface area contributed by atoms with Gasteiger partial charge in [-0.2, -0.15) is 17.0 Å². The minimum atomic E-state index is -3.37. The number of morpholine rings is 1. The van der Waals surface area contributed by atoms with E-state index in [0.717, 1.165) is 24.8 Å². The van der Waals surface area contributed by atoms with Gasteiger partial charge in [-0.25, -0.2) is 0 Å². The van der Waals surface area contributed by atoms with Crippen LogP contribution in [0.1, 0.15) is 37.9 Å². The highest BCUT2D eigenvalue weighted by molar-refractivity contribution is 7.86. The molecule has 0 aliphatic carbocycles. The summed E-state index contributed by atoms with van der Waals surface area (Å²) in [6.07, 6.45) is 2.75. The molecule has 1 aromatic rings. The Morgan fingerprint density at radius 1 is 1.00 bits per heavy atom. The molecular weight excluding hydrogens is 300 g/mol. The molecule has 0 N–H and O–H groups in total. The number of ether oxygens (including phenoxy) is 1. The number of hydrogen-bond acceptors (Lipinski definition) is 3. The van der Waals surface area contributed by atoms with Gasteiger partial charge in [0.2, 0.25) is 0 Å². The van der Waals surface area contributed by atoms with Crippen LogP contribution in [0.15, 0.2) is 30.3 Å². The van der Waals surface area contributed by atoms with Gasteiger partial charge in [0.25, 0.3) is 10.2 Å². The topological polar surface area (TPSA) is 49.9 Å². The summed E-state index contributed by atoms with van der Waals surface area (Å²) in [5.74, 6) is 0. The van der Waals surface area contributed by atoms with E-state index < -0.39 is 10.2 Å². The second-order valence-electron chi connectivity index (χ2n) is 6.13. The van der Waals surface area contributed by atoms with Crippen LogP contribution in [0.3, 0.4) is 0 Å². The summed E-state index contributed by atoms with van der Waals surface area (Å²) < 4.78 is 34.9. The molecule has 3 rings (SSSR count). The quantitative estimate of drug-likeness (QED) is 0.856. The Bertz CT molecular complexity index is 585. The van der Waals surface area contributed by atoms with Gasteiger partial charge in [-0.1, -0.05) is 36.8 Å². The number of nitrogens with zero attached hydrogens (tertiary/aromatic N) is 2. The fourth-order valence-corrected chi connectivity index (χ4v) is 4.98. The third-order valence-electron chi connectivity index (χ3n) is 4.37. The van der Waals surface area contributed by atoms with Crippen molar-refractivity contribution in [1.82, 2.24) is 8.61 Å². The zero-order chi connectivity index (χ0) is 15.6. The van der Waals surface area contributed by atoms with Crippen molar-refractivity contribution in [2.75, 3.05) is 26.2 Å². The second-order valence-corrected chi connectivity index (χ2v) is 8.06. The van der Waals surface area contributed by atoms with Crippen LogP contribution in [0.5, 0.6) is 0 Å². The summed E-state index contributed by atoms with van der Waals surface area (Å²) in [5.41, 5.74) is 1.04. The zero-order valence-electron chi connectivity index (χ0n) is 13.0. The molecule has 0 aromatic heterocycles. The molecule has 2 atom stereocenters. The van der Waals surface area contributed by atoms with Crippen LogP contribution in [0.4, 0.5) is 0 Å². The van der Waals surface area contributed by atoms with E-state index in [1.807, 2.05) is 37.3 Å². The maximum atomic E-state index is 12.9. The minimum Gasteiger partial charge on any atom is -0.368 e. The number of rotatable bonds is 3. The number of benzene rings is 1. The van der Waals surface area contributed by atoms with E-state index in [2.05, 4.69) is 0 Å². The third-order valence-corrected chi connectivity index (χ3v) is 6.33. The lowest BCUT2D eigenvalue weighted by Gasteiger charge is -2.39. The maximum absolute atomic E-state index is 12.9. The highest BCUT2D eigenvalue weighted by Gasteiger charge is 2.37. The highest BCUT2D eigenvalue weighted by atomic mass is 32.2. The maximum Gasteiger partial charge on any atom is 0.282 e. The summed E-state index contributed by atoms with van der Waals surface area (Å²) in [4.78, 5) is 0. The minimum absolute atomic E-state index is 0.0986. The van der Waals surface area contributed by atoms with Gasteiger partial charge >= 0.3 is 0 Å². The predicted octanol–water partition coefficient (Wildman–Crippen LogP) is 2.18. The summed E-state index contributed by atoms with van der Waals surface area (Å²) in [5, 5.41) is 0.